The first-order valence-corrected chi connectivity index (χ1v) is 13.1. The molecule has 10 heteroatoms. The molecule has 4 aliphatic carbocycles. The third kappa shape index (κ3) is 3.35. The minimum atomic E-state index is -1.63. The largest absolute Gasteiger partial charge is 0.481 e. The van der Waals surface area contributed by atoms with Crippen LogP contribution in [0.3, 0.4) is 0 Å². The molecule has 1 saturated heterocycles. The van der Waals surface area contributed by atoms with Crippen molar-refractivity contribution in [3.63, 3.8) is 0 Å². The molecule has 0 aromatic carbocycles. The zero-order valence-electron chi connectivity index (χ0n) is 20.9. The average molecular weight is 513 g/mol. The lowest BCUT2D eigenvalue weighted by Gasteiger charge is -2.67. The highest BCUT2D eigenvalue weighted by atomic mass is 16.7. The van der Waals surface area contributed by atoms with Gasteiger partial charge in [0.2, 0.25) is 0 Å². The van der Waals surface area contributed by atoms with Gasteiger partial charge in [-0.05, 0) is 61.9 Å². The van der Waals surface area contributed by atoms with Gasteiger partial charge in [-0.25, -0.2) is 0 Å². The molecule has 204 valence electrons. The van der Waals surface area contributed by atoms with E-state index in [0.717, 1.165) is 0 Å². The Bertz CT molecular complexity index is 909. The van der Waals surface area contributed by atoms with E-state index < -0.39 is 89.7 Å². The van der Waals surface area contributed by atoms with Crippen LogP contribution in [0.1, 0.15) is 52.4 Å². The molecular weight excluding hydrogens is 472 g/mol. The van der Waals surface area contributed by atoms with Crippen LogP contribution in [0.2, 0.25) is 0 Å². The van der Waals surface area contributed by atoms with Gasteiger partial charge in [-0.15, -0.1) is 0 Å². The summed E-state index contributed by atoms with van der Waals surface area (Å²) >= 11 is 0. The highest BCUT2D eigenvalue weighted by molar-refractivity contribution is 5.75. The molecule has 0 radical (unpaired) electrons. The number of rotatable bonds is 4. The van der Waals surface area contributed by atoms with E-state index in [2.05, 4.69) is 6.58 Å². The lowest BCUT2D eigenvalue weighted by atomic mass is 9.39. The Labute approximate surface area is 210 Å². The van der Waals surface area contributed by atoms with Crippen molar-refractivity contribution in [1.29, 1.82) is 0 Å². The predicted octanol–water partition coefficient (Wildman–Crippen LogP) is -0.223. The molecule has 0 amide bonds. The Kier molecular flexibility index (Phi) is 6.41. The lowest BCUT2D eigenvalue weighted by Crippen LogP contribution is -2.69. The standard InChI is InChI=1S/C26H40O10/c1-11-12-7-13(28)20-24(2)5-4-6-25(3,23(33)34)15(24)8-16(26(20,9-12)21(11)32)36-22-19(31)18(30)17(29)14(10-27)35-22/h12-22,27-32H,1,4-10H2,2-3H3,(H,33,34)/t12-,13-,14-,15+,16+,17-,18+,19-,20+,21+,22+,24-,25-,26+/m0/s1. The summed E-state index contributed by atoms with van der Waals surface area (Å²) in [6.45, 7) is 7.29. The fourth-order valence-electron chi connectivity index (χ4n) is 9.14. The van der Waals surface area contributed by atoms with Crippen molar-refractivity contribution in [1.82, 2.24) is 0 Å². The first-order valence-electron chi connectivity index (χ1n) is 13.1. The molecule has 5 rings (SSSR count). The fraction of sp³-hybridized carbons (Fsp3) is 0.885. The van der Waals surface area contributed by atoms with Gasteiger partial charge in [0.1, 0.15) is 24.4 Å². The van der Waals surface area contributed by atoms with E-state index in [4.69, 9.17) is 9.47 Å². The minimum absolute atomic E-state index is 0.123. The molecule has 1 aliphatic heterocycles. The van der Waals surface area contributed by atoms with Crippen LogP contribution >= 0.6 is 0 Å². The molecule has 1 heterocycles. The van der Waals surface area contributed by atoms with E-state index in [1.54, 1.807) is 6.92 Å². The molecule has 14 atom stereocenters. The van der Waals surface area contributed by atoms with Gasteiger partial charge in [0.15, 0.2) is 6.29 Å². The summed E-state index contributed by atoms with van der Waals surface area (Å²) in [5.74, 6) is -1.92. The van der Waals surface area contributed by atoms with Gasteiger partial charge in [-0.1, -0.05) is 19.9 Å². The van der Waals surface area contributed by atoms with E-state index in [0.29, 0.717) is 37.7 Å². The van der Waals surface area contributed by atoms with Gasteiger partial charge in [0, 0.05) is 11.3 Å². The number of hydrogen-bond acceptors (Lipinski definition) is 9. The Morgan fingerprint density at radius 1 is 1.08 bits per heavy atom. The molecule has 0 unspecified atom stereocenters. The van der Waals surface area contributed by atoms with Crippen molar-refractivity contribution >= 4 is 5.97 Å². The molecule has 5 fully saturated rings. The van der Waals surface area contributed by atoms with Crippen LogP contribution in [0.25, 0.3) is 0 Å². The van der Waals surface area contributed by atoms with Gasteiger partial charge < -0.3 is 45.2 Å². The van der Waals surface area contributed by atoms with Gasteiger partial charge in [-0.2, -0.15) is 0 Å². The quantitative estimate of drug-likeness (QED) is 0.197. The molecular formula is C26H40O10. The number of aliphatic hydroxyl groups excluding tert-OH is 6. The summed E-state index contributed by atoms with van der Waals surface area (Å²) in [5, 5.41) is 74.3. The zero-order chi connectivity index (χ0) is 26.4. The first-order chi connectivity index (χ1) is 16.8. The third-order valence-electron chi connectivity index (χ3n) is 10.8. The normalized spacial score (nSPS) is 56.7. The number of fused-ring (bicyclic) bond motifs is 3. The topological polar surface area (TPSA) is 177 Å². The molecule has 1 spiro atoms. The third-order valence-corrected chi connectivity index (χ3v) is 10.8. The summed E-state index contributed by atoms with van der Waals surface area (Å²) in [4.78, 5) is 12.6. The number of aliphatic carboxylic acids is 1. The van der Waals surface area contributed by atoms with Gasteiger partial charge in [-0.3, -0.25) is 4.79 Å². The summed E-state index contributed by atoms with van der Waals surface area (Å²) in [6.07, 6.45) is -6.98. The van der Waals surface area contributed by atoms with E-state index in [1.807, 2.05) is 6.92 Å². The smallest absolute Gasteiger partial charge is 0.309 e. The maximum atomic E-state index is 12.6. The highest BCUT2D eigenvalue weighted by Crippen LogP contribution is 2.72. The molecule has 7 N–H and O–H groups in total. The Hall–Kier alpha value is -1.11. The predicted molar refractivity (Wildman–Crippen MR) is 124 cm³/mol. The number of carboxylic acids is 1. The van der Waals surface area contributed by atoms with E-state index in [9.17, 15) is 40.5 Å². The maximum Gasteiger partial charge on any atom is 0.309 e. The maximum absolute atomic E-state index is 12.6. The monoisotopic (exact) mass is 512 g/mol. The summed E-state index contributed by atoms with van der Waals surface area (Å²) in [6, 6.07) is 0. The molecule has 2 bridgehead atoms. The summed E-state index contributed by atoms with van der Waals surface area (Å²) < 4.78 is 12.0. The van der Waals surface area contributed by atoms with Crippen LogP contribution in [-0.4, -0.2) is 97.3 Å². The van der Waals surface area contributed by atoms with Crippen LogP contribution < -0.4 is 0 Å². The van der Waals surface area contributed by atoms with Gasteiger partial charge in [0.05, 0.1) is 30.3 Å². The van der Waals surface area contributed by atoms with Gasteiger partial charge >= 0.3 is 5.97 Å². The Balaban J connectivity index is 1.60. The van der Waals surface area contributed by atoms with Crippen molar-refractivity contribution in [2.24, 2.45) is 34.0 Å². The fourth-order valence-corrected chi connectivity index (χ4v) is 9.14. The van der Waals surface area contributed by atoms with Crippen molar-refractivity contribution in [3.05, 3.63) is 12.2 Å². The first kappa shape index (κ1) is 26.5. The number of aliphatic hydroxyl groups is 6. The highest BCUT2D eigenvalue weighted by Gasteiger charge is 2.73. The number of carbonyl (C=O) groups is 1. The minimum Gasteiger partial charge on any atom is -0.481 e. The number of carboxylic acid groups (broad SMARTS) is 1. The molecule has 5 aliphatic rings. The average Bonchev–Trinajstić information content (AvgIpc) is 3.01. The second-order valence-electron chi connectivity index (χ2n) is 12.5. The lowest BCUT2D eigenvalue weighted by molar-refractivity contribution is -0.344. The van der Waals surface area contributed by atoms with Crippen molar-refractivity contribution in [2.75, 3.05) is 6.61 Å². The number of ether oxygens (including phenoxy) is 2. The molecule has 0 aromatic heterocycles. The summed E-state index contributed by atoms with van der Waals surface area (Å²) in [5.41, 5.74) is -2.03. The SMILES string of the molecule is C=C1[C@H]2C[C@H](O)[C@@H]3[C@@]4(C)CCC[C@](C)(C(=O)O)[C@@H]4C[C@@H](O[C@H]4O[C@@H](CO)[C@H](O)[C@@H](O)[C@@H]4O)[C@@]3(C2)[C@@H]1O. The molecule has 0 aromatic rings. The van der Waals surface area contributed by atoms with Crippen LogP contribution in [0.4, 0.5) is 0 Å². The van der Waals surface area contributed by atoms with Crippen molar-refractivity contribution < 1.29 is 50.0 Å². The van der Waals surface area contributed by atoms with Crippen LogP contribution in [0.15, 0.2) is 12.2 Å². The van der Waals surface area contributed by atoms with E-state index >= 15 is 0 Å². The molecule has 36 heavy (non-hydrogen) atoms. The van der Waals surface area contributed by atoms with Crippen LogP contribution in [0.5, 0.6) is 0 Å². The van der Waals surface area contributed by atoms with E-state index in [1.165, 1.54) is 0 Å². The molecule has 10 nitrogen and oxygen atoms in total. The van der Waals surface area contributed by atoms with Crippen molar-refractivity contribution in [2.45, 2.75) is 101 Å². The van der Waals surface area contributed by atoms with E-state index in [-0.39, 0.29) is 12.3 Å². The van der Waals surface area contributed by atoms with Crippen molar-refractivity contribution in [3.8, 4) is 0 Å². The Morgan fingerprint density at radius 2 is 1.78 bits per heavy atom. The van der Waals surface area contributed by atoms with Crippen LogP contribution in [-0.2, 0) is 14.3 Å². The summed E-state index contributed by atoms with van der Waals surface area (Å²) in [7, 11) is 0. The van der Waals surface area contributed by atoms with Crippen LogP contribution in [0, 0.1) is 34.0 Å². The number of hydrogen-bond donors (Lipinski definition) is 7. The molecule has 4 saturated carbocycles. The second-order valence-corrected chi connectivity index (χ2v) is 12.5. The Morgan fingerprint density at radius 3 is 2.42 bits per heavy atom. The zero-order valence-corrected chi connectivity index (χ0v) is 20.9. The second kappa shape index (κ2) is 8.71. The van der Waals surface area contributed by atoms with Gasteiger partial charge in [0.25, 0.3) is 0 Å².